The summed E-state index contributed by atoms with van der Waals surface area (Å²) in [5, 5.41) is 14.3. The maximum absolute atomic E-state index is 13.3. The molecule has 3 rings (SSSR count). The predicted octanol–water partition coefficient (Wildman–Crippen LogP) is 7.14. The standard InChI is InChI=1S/C29H35NO2/c1-19-8-10-20(11-9-19)18-30-23-14-12-21(13-15-23)26(31)22-16-24(28(2,3)4)27(32)25(17-22)29(5,6)7/h8-17,30,32H,18H2,1-7H3. The highest BCUT2D eigenvalue weighted by atomic mass is 16.3. The minimum Gasteiger partial charge on any atom is -0.507 e. The summed E-state index contributed by atoms with van der Waals surface area (Å²) in [6.45, 7) is 15.1. The number of rotatable bonds is 5. The van der Waals surface area contributed by atoms with Crippen molar-refractivity contribution in [3.05, 3.63) is 94.0 Å². The number of nitrogens with one attached hydrogen (secondary N) is 1. The van der Waals surface area contributed by atoms with Gasteiger partial charge in [0.25, 0.3) is 0 Å². The van der Waals surface area contributed by atoms with Crippen LogP contribution in [0.4, 0.5) is 5.69 Å². The third-order valence-corrected chi connectivity index (χ3v) is 5.75. The number of ketones is 1. The van der Waals surface area contributed by atoms with E-state index in [1.165, 1.54) is 11.1 Å². The van der Waals surface area contributed by atoms with E-state index >= 15 is 0 Å². The molecule has 0 saturated carbocycles. The Morgan fingerprint density at radius 3 is 1.75 bits per heavy atom. The summed E-state index contributed by atoms with van der Waals surface area (Å²) in [4.78, 5) is 13.3. The van der Waals surface area contributed by atoms with Crippen LogP contribution in [-0.4, -0.2) is 10.9 Å². The predicted molar refractivity (Wildman–Crippen MR) is 134 cm³/mol. The van der Waals surface area contributed by atoms with Gasteiger partial charge in [0, 0.05) is 34.5 Å². The van der Waals surface area contributed by atoms with Gasteiger partial charge in [0.05, 0.1) is 0 Å². The summed E-state index contributed by atoms with van der Waals surface area (Å²) >= 11 is 0. The number of hydrogen-bond donors (Lipinski definition) is 2. The van der Waals surface area contributed by atoms with E-state index in [9.17, 15) is 9.90 Å². The van der Waals surface area contributed by atoms with Gasteiger partial charge in [-0.2, -0.15) is 0 Å². The molecule has 2 N–H and O–H groups in total. The van der Waals surface area contributed by atoms with Gasteiger partial charge in [0.15, 0.2) is 5.78 Å². The van der Waals surface area contributed by atoms with Crippen molar-refractivity contribution in [1.29, 1.82) is 0 Å². The summed E-state index contributed by atoms with van der Waals surface area (Å²) in [5.41, 5.74) is 5.72. The van der Waals surface area contributed by atoms with Gasteiger partial charge in [0.1, 0.15) is 5.75 Å². The van der Waals surface area contributed by atoms with Gasteiger partial charge in [-0.15, -0.1) is 0 Å². The van der Waals surface area contributed by atoms with Crippen molar-refractivity contribution in [2.75, 3.05) is 5.32 Å². The Hall–Kier alpha value is -3.07. The molecule has 0 unspecified atom stereocenters. The van der Waals surface area contributed by atoms with Crippen LogP contribution >= 0.6 is 0 Å². The van der Waals surface area contributed by atoms with Crippen LogP contribution in [0.2, 0.25) is 0 Å². The fourth-order valence-electron chi connectivity index (χ4n) is 3.73. The minimum atomic E-state index is -0.274. The molecule has 0 atom stereocenters. The lowest BCUT2D eigenvalue weighted by molar-refractivity contribution is 0.103. The van der Waals surface area contributed by atoms with Gasteiger partial charge in [-0.05, 0) is 59.7 Å². The molecule has 0 aliphatic heterocycles. The van der Waals surface area contributed by atoms with Crippen molar-refractivity contribution in [3.63, 3.8) is 0 Å². The minimum absolute atomic E-state index is 0.0360. The average molecular weight is 430 g/mol. The molecule has 168 valence electrons. The van der Waals surface area contributed by atoms with Crippen molar-refractivity contribution < 1.29 is 9.90 Å². The number of benzene rings is 3. The van der Waals surface area contributed by atoms with Crippen LogP contribution < -0.4 is 5.32 Å². The second-order valence-electron chi connectivity index (χ2n) is 10.7. The molecule has 3 aromatic carbocycles. The van der Waals surface area contributed by atoms with Gasteiger partial charge < -0.3 is 10.4 Å². The average Bonchev–Trinajstić information content (AvgIpc) is 2.72. The molecular weight excluding hydrogens is 394 g/mol. The van der Waals surface area contributed by atoms with Crippen molar-refractivity contribution in [2.24, 2.45) is 0 Å². The zero-order valence-corrected chi connectivity index (χ0v) is 20.3. The van der Waals surface area contributed by atoms with E-state index < -0.39 is 0 Å². The zero-order valence-electron chi connectivity index (χ0n) is 20.3. The normalized spacial score (nSPS) is 12.0. The molecule has 0 spiro atoms. The van der Waals surface area contributed by atoms with Crippen molar-refractivity contribution in [1.82, 2.24) is 0 Å². The fourth-order valence-corrected chi connectivity index (χ4v) is 3.73. The molecule has 3 nitrogen and oxygen atoms in total. The Morgan fingerprint density at radius 2 is 1.28 bits per heavy atom. The van der Waals surface area contributed by atoms with Gasteiger partial charge in [-0.1, -0.05) is 71.4 Å². The molecule has 0 saturated heterocycles. The van der Waals surface area contributed by atoms with E-state index in [0.29, 0.717) is 11.1 Å². The summed E-state index contributed by atoms with van der Waals surface area (Å²) in [5.74, 6) is 0.253. The third kappa shape index (κ3) is 5.40. The number of anilines is 1. The van der Waals surface area contributed by atoms with Gasteiger partial charge in [-0.3, -0.25) is 4.79 Å². The Bertz CT molecular complexity index is 1060. The highest BCUT2D eigenvalue weighted by molar-refractivity contribution is 6.09. The number of phenolic OH excluding ortho intramolecular Hbond substituents is 1. The quantitative estimate of drug-likeness (QED) is 0.424. The van der Waals surface area contributed by atoms with E-state index in [4.69, 9.17) is 0 Å². The highest BCUT2D eigenvalue weighted by Gasteiger charge is 2.28. The Labute approximate surface area is 192 Å². The van der Waals surface area contributed by atoms with Crippen molar-refractivity contribution in [3.8, 4) is 5.75 Å². The molecule has 32 heavy (non-hydrogen) atoms. The van der Waals surface area contributed by atoms with Crippen LogP contribution in [0, 0.1) is 6.92 Å². The molecule has 3 heteroatoms. The first-order chi connectivity index (χ1) is 14.9. The number of aryl methyl sites for hydroxylation is 1. The summed E-state index contributed by atoms with van der Waals surface area (Å²) in [6.07, 6.45) is 0. The molecule has 0 aliphatic carbocycles. The molecule has 0 fully saturated rings. The van der Waals surface area contributed by atoms with Crippen LogP contribution in [0.15, 0.2) is 60.7 Å². The van der Waals surface area contributed by atoms with E-state index in [1.807, 2.05) is 36.4 Å². The summed E-state index contributed by atoms with van der Waals surface area (Å²) in [7, 11) is 0. The molecule has 0 radical (unpaired) electrons. The molecule has 0 bridgehead atoms. The molecule has 0 amide bonds. The molecular formula is C29H35NO2. The second-order valence-corrected chi connectivity index (χ2v) is 10.7. The first-order valence-electron chi connectivity index (χ1n) is 11.2. The SMILES string of the molecule is Cc1ccc(CNc2ccc(C(=O)c3cc(C(C)(C)C)c(O)c(C(C)(C)C)c3)cc2)cc1. The fraction of sp³-hybridized carbons (Fsp3) is 0.345. The molecule has 0 aliphatic rings. The first-order valence-corrected chi connectivity index (χ1v) is 11.2. The van der Waals surface area contributed by atoms with Gasteiger partial charge >= 0.3 is 0 Å². The van der Waals surface area contributed by atoms with Gasteiger partial charge in [0.2, 0.25) is 0 Å². The number of hydrogen-bond acceptors (Lipinski definition) is 3. The topological polar surface area (TPSA) is 49.3 Å². The maximum atomic E-state index is 13.3. The van der Waals surface area contributed by atoms with Crippen molar-refractivity contribution >= 4 is 11.5 Å². The van der Waals surface area contributed by atoms with Crippen LogP contribution in [-0.2, 0) is 17.4 Å². The first kappa shape index (κ1) is 23.6. The summed E-state index contributed by atoms with van der Waals surface area (Å²) < 4.78 is 0. The monoisotopic (exact) mass is 429 g/mol. The molecule has 0 aromatic heterocycles. The summed E-state index contributed by atoms with van der Waals surface area (Å²) in [6, 6.07) is 19.7. The number of carbonyl (C=O) groups is 1. The smallest absolute Gasteiger partial charge is 0.193 e. The lowest BCUT2D eigenvalue weighted by Crippen LogP contribution is -2.19. The lowest BCUT2D eigenvalue weighted by Gasteiger charge is -2.28. The van der Waals surface area contributed by atoms with Gasteiger partial charge in [-0.25, -0.2) is 0 Å². The zero-order chi connectivity index (χ0) is 23.7. The van der Waals surface area contributed by atoms with Crippen LogP contribution in [0.1, 0.15) is 79.7 Å². The molecule has 3 aromatic rings. The van der Waals surface area contributed by atoms with Crippen LogP contribution in [0.25, 0.3) is 0 Å². The highest BCUT2D eigenvalue weighted by Crippen LogP contribution is 2.40. The number of carbonyl (C=O) groups excluding carboxylic acids is 1. The van der Waals surface area contributed by atoms with E-state index in [2.05, 4.69) is 78.0 Å². The Balaban J connectivity index is 1.86. The second kappa shape index (κ2) is 8.82. The van der Waals surface area contributed by atoms with Crippen LogP contribution in [0.3, 0.4) is 0 Å². The van der Waals surface area contributed by atoms with Crippen molar-refractivity contribution in [2.45, 2.75) is 65.8 Å². The van der Waals surface area contributed by atoms with Crippen LogP contribution in [0.5, 0.6) is 5.75 Å². The maximum Gasteiger partial charge on any atom is 0.193 e. The van der Waals surface area contributed by atoms with E-state index in [-0.39, 0.29) is 22.4 Å². The lowest BCUT2D eigenvalue weighted by atomic mass is 9.77. The number of aromatic hydroxyl groups is 1. The van der Waals surface area contributed by atoms with E-state index in [0.717, 1.165) is 23.4 Å². The Morgan fingerprint density at radius 1 is 0.781 bits per heavy atom. The largest absolute Gasteiger partial charge is 0.507 e. The number of phenols is 1. The van der Waals surface area contributed by atoms with E-state index in [1.54, 1.807) is 0 Å². The molecule has 0 heterocycles. The third-order valence-electron chi connectivity index (χ3n) is 5.75. The Kier molecular flexibility index (Phi) is 6.50.